The molecule has 2 aromatic heterocycles. The Bertz CT molecular complexity index is 613. The Hall–Kier alpha value is -1.56. The number of hydrogen-bond acceptors (Lipinski definition) is 2. The van der Waals surface area contributed by atoms with E-state index in [4.69, 9.17) is 5.11 Å². The maximum Gasteiger partial charge on any atom is 0.352 e. The lowest BCUT2D eigenvalue weighted by molar-refractivity contribution is 0.0685. The predicted octanol–water partition coefficient (Wildman–Crippen LogP) is 2.35. The standard InChI is InChI=1S/C12H14BrN3O2/c1-7-10(8(2)15(3)14-7)6-16-5-9(13)4-11(16)12(17)18/h4-5H,6H2,1-3H3,(H,17,18). The highest BCUT2D eigenvalue weighted by Crippen LogP contribution is 2.19. The summed E-state index contributed by atoms with van der Waals surface area (Å²) in [7, 11) is 1.88. The van der Waals surface area contributed by atoms with Gasteiger partial charge in [-0.1, -0.05) is 0 Å². The minimum absolute atomic E-state index is 0.268. The molecule has 0 bridgehead atoms. The Morgan fingerprint density at radius 2 is 2.17 bits per heavy atom. The molecule has 5 nitrogen and oxygen atoms in total. The molecule has 0 aliphatic carbocycles. The van der Waals surface area contributed by atoms with Gasteiger partial charge in [0, 0.05) is 29.0 Å². The van der Waals surface area contributed by atoms with Gasteiger partial charge in [-0.05, 0) is 35.8 Å². The van der Waals surface area contributed by atoms with Crippen LogP contribution in [-0.4, -0.2) is 25.4 Å². The average molecular weight is 312 g/mol. The van der Waals surface area contributed by atoms with E-state index in [2.05, 4.69) is 21.0 Å². The van der Waals surface area contributed by atoms with Gasteiger partial charge in [-0.3, -0.25) is 4.68 Å². The van der Waals surface area contributed by atoms with E-state index in [-0.39, 0.29) is 5.69 Å². The van der Waals surface area contributed by atoms with E-state index in [0.717, 1.165) is 21.4 Å². The summed E-state index contributed by atoms with van der Waals surface area (Å²) in [5.41, 5.74) is 3.30. The zero-order chi connectivity index (χ0) is 13.4. The Morgan fingerprint density at radius 1 is 1.50 bits per heavy atom. The molecule has 0 fully saturated rings. The number of rotatable bonds is 3. The molecule has 0 aliphatic rings. The van der Waals surface area contributed by atoms with Crippen LogP contribution in [0.5, 0.6) is 0 Å². The van der Waals surface area contributed by atoms with E-state index >= 15 is 0 Å². The topological polar surface area (TPSA) is 60.0 Å². The monoisotopic (exact) mass is 311 g/mol. The van der Waals surface area contributed by atoms with Crippen molar-refractivity contribution in [1.29, 1.82) is 0 Å². The van der Waals surface area contributed by atoms with E-state index in [1.807, 2.05) is 25.6 Å². The van der Waals surface area contributed by atoms with E-state index in [1.54, 1.807) is 16.8 Å². The summed E-state index contributed by atoms with van der Waals surface area (Å²) in [6.07, 6.45) is 1.77. The maximum atomic E-state index is 11.1. The van der Waals surface area contributed by atoms with Crippen molar-refractivity contribution in [2.45, 2.75) is 20.4 Å². The third-order valence-electron chi connectivity index (χ3n) is 3.07. The molecule has 0 atom stereocenters. The smallest absolute Gasteiger partial charge is 0.352 e. The third kappa shape index (κ3) is 2.20. The van der Waals surface area contributed by atoms with Crippen molar-refractivity contribution in [1.82, 2.24) is 14.3 Å². The number of aryl methyl sites for hydroxylation is 2. The zero-order valence-corrected chi connectivity index (χ0v) is 12.0. The van der Waals surface area contributed by atoms with E-state index in [0.29, 0.717) is 6.54 Å². The Balaban J connectivity index is 2.43. The molecule has 0 saturated carbocycles. The second-order valence-electron chi connectivity index (χ2n) is 4.25. The highest BCUT2D eigenvalue weighted by Gasteiger charge is 2.15. The summed E-state index contributed by atoms with van der Waals surface area (Å²) in [6.45, 7) is 4.42. The van der Waals surface area contributed by atoms with Crippen LogP contribution in [0.15, 0.2) is 16.7 Å². The first-order valence-electron chi connectivity index (χ1n) is 5.48. The lowest BCUT2D eigenvalue weighted by Crippen LogP contribution is -2.09. The molecule has 0 aromatic carbocycles. The van der Waals surface area contributed by atoms with Crippen molar-refractivity contribution < 1.29 is 9.90 Å². The summed E-state index contributed by atoms with van der Waals surface area (Å²) in [6, 6.07) is 1.60. The van der Waals surface area contributed by atoms with Gasteiger partial charge in [-0.2, -0.15) is 5.10 Å². The molecule has 0 saturated heterocycles. The van der Waals surface area contributed by atoms with Gasteiger partial charge in [0.05, 0.1) is 12.2 Å². The maximum absolute atomic E-state index is 11.1. The Labute approximate surface area is 113 Å². The molecule has 18 heavy (non-hydrogen) atoms. The first-order valence-corrected chi connectivity index (χ1v) is 6.27. The van der Waals surface area contributed by atoms with Gasteiger partial charge in [0.1, 0.15) is 5.69 Å². The molecule has 2 aromatic rings. The van der Waals surface area contributed by atoms with Gasteiger partial charge in [-0.25, -0.2) is 4.79 Å². The summed E-state index contributed by atoms with van der Waals surface area (Å²) < 4.78 is 4.28. The lowest BCUT2D eigenvalue weighted by atomic mass is 10.2. The second-order valence-corrected chi connectivity index (χ2v) is 5.17. The highest BCUT2D eigenvalue weighted by atomic mass is 79.9. The summed E-state index contributed by atoms with van der Waals surface area (Å²) in [5, 5.41) is 13.5. The molecule has 0 unspecified atom stereocenters. The van der Waals surface area contributed by atoms with E-state index in [1.165, 1.54) is 0 Å². The molecular formula is C12H14BrN3O2. The molecular weight excluding hydrogens is 298 g/mol. The van der Waals surface area contributed by atoms with Crippen LogP contribution < -0.4 is 0 Å². The molecule has 0 radical (unpaired) electrons. The molecule has 0 aliphatic heterocycles. The molecule has 0 spiro atoms. The minimum atomic E-state index is -0.931. The van der Waals surface area contributed by atoms with Crippen molar-refractivity contribution in [3.05, 3.63) is 39.4 Å². The first-order chi connectivity index (χ1) is 8.40. The summed E-state index contributed by atoms with van der Waals surface area (Å²) in [4.78, 5) is 11.1. The molecule has 0 amide bonds. The Morgan fingerprint density at radius 3 is 2.67 bits per heavy atom. The number of carboxylic acids is 1. The largest absolute Gasteiger partial charge is 0.477 e. The predicted molar refractivity (Wildman–Crippen MR) is 70.9 cm³/mol. The van der Waals surface area contributed by atoms with Gasteiger partial charge >= 0.3 is 5.97 Å². The van der Waals surface area contributed by atoms with Crippen molar-refractivity contribution in [2.75, 3.05) is 0 Å². The number of aromatic carboxylic acids is 1. The Kier molecular flexibility index (Phi) is 3.30. The van der Waals surface area contributed by atoms with Crippen molar-refractivity contribution in [3.8, 4) is 0 Å². The lowest BCUT2D eigenvalue weighted by Gasteiger charge is -2.06. The van der Waals surface area contributed by atoms with Gasteiger partial charge < -0.3 is 9.67 Å². The molecule has 2 rings (SSSR count). The highest BCUT2D eigenvalue weighted by molar-refractivity contribution is 9.10. The van der Waals surface area contributed by atoms with Crippen LogP contribution in [0.3, 0.4) is 0 Å². The van der Waals surface area contributed by atoms with Crippen LogP contribution in [-0.2, 0) is 13.6 Å². The number of aromatic nitrogens is 3. The van der Waals surface area contributed by atoms with Crippen molar-refractivity contribution in [2.24, 2.45) is 7.05 Å². The van der Waals surface area contributed by atoms with Gasteiger partial charge in [-0.15, -0.1) is 0 Å². The van der Waals surface area contributed by atoms with Crippen LogP contribution in [0.25, 0.3) is 0 Å². The fraction of sp³-hybridized carbons (Fsp3) is 0.333. The fourth-order valence-electron chi connectivity index (χ4n) is 2.00. The second kappa shape index (κ2) is 4.61. The SMILES string of the molecule is Cc1nn(C)c(C)c1Cn1cc(Br)cc1C(=O)O. The van der Waals surface area contributed by atoms with Gasteiger partial charge in [0.25, 0.3) is 0 Å². The zero-order valence-electron chi connectivity index (χ0n) is 10.4. The van der Waals surface area contributed by atoms with Crippen molar-refractivity contribution >= 4 is 21.9 Å². The van der Waals surface area contributed by atoms with Crippen LogP contribution >= 0.6 is 15.9 Å². The van der Waals surface area contributed by atoms with Crippen LogP contribution in [0.1, 0.15) is 27.4 Å². The minimum Gasteiger partial charge on any atom is -0.477 e. The number of carbonyl (C=O) groups is 1. The van der Waals surface area contributed by atoms with E-state index < -0.39 is 5.97 Å². The quantitative estimate of drug-likeness (QED) is 0.946. The van der Waals surface area contributed by atoms with Gasteiger partial charge in [0.15, 0.2) is 0 Å². The van der Waals surface area contributed by atoms with Crippen LogP contribution in [0.2, 0.25) is 0 Å². The normalized spacial score (nSPS) is 10.9. The number of nitrogens with zero attached hydrogens (tertiary/aromatic N) is 3. The summed E-state index contributed by atoms with van der Waals surface area (Å²) in [5.74, 6) is -0.931. The van der Waals surface area contributed by atoms with Crippen LogP contribution in [0, 0.1) is 13.8 Å². The fourth-order valence-corrected chi connectivity index (χ4v) is 2.47. The number of halogens is 1. The van der Waals surface area contributed by atoms with Crippen molar-refractivity contribution in [3.63, 3.8) is 0 Å². The molecule has 96 valence electrons. The van der Waals surface area contributed by atoms with Gasteiger partial charge in [0.2, 0.25) is 0 Å². The number of hydrogen-bond donors (Lipinski definition) is 1. The summed E-state index contributed by atoms with van der Waals surface area (Å²) >= 11 is 3.30. The van der Waals surface area contributed by atoms with E-state index in [9.17, 15) is 4.79 Å². The molecule has 6 heteroatoms. The third-order valence-corrected chi connectivity index (χ3v) is 3.50. The molecule has 2 heterocycles. The first kappa shape index (κ1) is 12.9. The van der Waals surface area contributed by atoms with Crippen LogP contribution in [0.4, 0.5) is 0 Å². The average Bonchev–Trinajstić information content (AvgIpc) is 2.75. The molecule has 1 N–H and O–H groups in total. The number of carboxylic acid groups (broad SMARTS) is 1.